The minimum atomic E-state index is -0.891. The van der Waals surface area contributed by atoms with E-state index in [0.717, 1.165) is 23.2 Å². The Morgan fingerprint density at radius 2 is 1.76 bits per heavy atom. The first-order valence-electron chi connectivity index (χ1n) is 6.46. The van der Waals surface area contributed by atoms with E-state index in [4.69, 9.17) is 0 Å². The summed E-state index contributed by atoms with van der Waals surface area (Å²) in [7, 11) is 0. The zero-order valence-corrected chi connectivity index (χ0v) is 11.2. The first kappa shape index (κ1) is 13.4. The van der Waals surface area contributed by atoms with E-state index < -0.39 is 11.6 Å². The minimum Gasteiger partial charge on any atom is -0.378 e. The molecule has 1 atom stereocenters. The maximum absolute atomic E-state index is 13.2. The van der Waals surface area contributed by atoms with E-state index in [1.165, 1.54) is 6.07 Å². The molecule has 1 unspecified atom stereocenters. The Morgan fingerprint density at radius 1 is 1.00 bits per heavy atom. The fourth-order valence-electron chi connectivity index (χ4n) is 2.24. The number of aromatic amines is 2. The monoisotopic (exact) mass is 289 g/mol. The predicted octanol–water partition coefficient (Wildman–Crippen LogP) is 3.31. The van der Waals surface area contributed by atoms with Crippen molar-refractivity contribution < 1.29 is 8.78 Å². The van der Waals surface area contributed by atoms with Gasteiger partial charge in [-0.05, 0) is 36.8 Å². The summed E-state index contributed by atoms with van der Waals surface area (Å²) in [5, 5.41) is 3.09. The van der Waals surface area contributed by atoms with Crippen molar-refractivity contribution in [1.29, 1.82) is 0 Å². The first-order valence-corrected chi connectivity index (χ1v) is 6.46. The number of halogens is 2. The van der Waals surface area contributed by atoms with Gasteiger partial charge in [-0.25, -0.2) is 13.6 Å². The molecular formula is C15H13F2N3O. The highest BCUT2D eigenvalue weighted by molar-refractivity contribution is 5.75. The van der Waals surface area contributed by atoms with Gasteiger partial charge in [0.05, 0.1) is 11.0 Å². The minimum absolute atomic E-state index is 0.127. The van der Waals surface area contributed by atoms with Crippen LogP contribution in [0.25, 0.3) is 11.0 Å². The van der Waals surface area contributed by atoms with Crippen LogP contribution in [0.15, 0.2) is 41.2 Å². The highest BCUT2D eigenvalue weighted by atomic mass is 19.2. The second-order valence-corrected chi connectivity index (χ2v) is 4.88. The van der Waals surface area contributed by atoms with Crippen LogP contribution in [0.5, 0.6) is 0 Å². The molecule has 1 aromatic heterocycles. The zero-order chi connectivity index (χ0) is 15.0. The number of benzene rings is 2. The highest BCUT2D eigenvalue weighted by Gasteiger charge is 2.09. The fraction of sp³-hybridized carbons (Fsp3) is 0.133. The summed E-state index contributed by atoms with van der Waals surface area (Å²) >= 11 is 0. The predicted molar refractivity (Wildman–Crippen MR) is 77.3 cm³/mol. The summed E-state index contributed by atoms with van der Waals surface area (Å²) in [6.45, 7) is 1.90. The van der Waals surface area contributed by atoms with Crippen molar-refractivity contribution in [3.63, 3.8) is 0 Å². The highest BCUT2D eigenvalue weighted by Crippen LogP contribution is 2.22. The number of hydrogen-bond donors (Lipinski definition) is 3. The third-order valence-corrected chi connectivity index (χ3v) is 3.34. The third kappa shape index (κ3) is 2.65. The van der Waals surface area contributed by atoms with Gasteiger partial charge in [-0.15, -0.1) is 0 Å². The number of aromatic nitrogens is 2. The number of imidazole rings is 1. The maximum Gasteiger partial charge on any atom is 0.323 e. The lowest BCUT2D eigenvalue weighted by atomic mass is 10.1. The van der Waals surface area contributed by atoms with Crippen LogP contribution in [0.3, 0.4) is 0 Å². The van der Waals surface area contributed by atoms with Gasteiger partial charge in [0.2, 0.25) is 0 Å². The molecule has 3 rings (SSSR count). The van der Waals surface area contributed by atoms with E-state index in [-0.39, 0.29) is 11.7 Å². The van der Waals surface area contributed by atoms with Gasteiger partial charge in [-0.2, -0.15) is 0 Å². The summed E-state index contributed by atoms with van der Waals surface area (Å²) in [6.07, 6.45) is 0. The van der Waals surface area contributed by atoms with E-state index in [9.17, 15) is 13.6 Å². The van der Waals surface area contributed by atoms with Gasteiger partial charge in [0.25, 0.3) is 0 Å². The number of rotatable bonds is 3. The van der Waals surface area contributed by atoms with E-state index >= 15 is 0 Å². The first-order chi connectivity index (χ1) is 10.0. The number of hydrogen-bond acceptors (Lipinski definition) is 2. The van der Waals surface area contributed by atoms with Crippen LogP contribution < -0.4 is 11.0 Å². The Kier molecular flexibility index (Phi) is 3.21. The largest absolute Gasteiger partial charge is 0.378 e. The standard InChI is InChI=1S/C15H13F2N3O/c1-8(18-10-3-4-11(16)12(17)7-10)9-2-5-13-14(6-9)20-15(21)19-13/h2-8,18H,1H3,(H2,19,20,21). The van der Waals surface area contributed by atoms with Crippen LogP contribution in [-0.2, 0) is 0 Å². The lowest BCUT2D eigenvalue weighted by Crippen LogP contribution is -2.07. The van der Waals surface area contributed by atoms with Gasteiger partial charge in [0, 0.05) is 17.8 Å². The Bertz CT molecular complexity index is 853. The van der Waals surface area contributed by atoms with Gasteiger partial charge < -0.3 is 15.3 Å². The third-order valence-electron chi connectivity index (χ3n) is 3.34. The summed E-state index contributed by atoms with van der Waals surface area (Å²) in [5.74, 6) is -1.77. The molecule has 2 aromatic carbocycles. The Balaban J connectivity index is 1.87. The van der Waals surface area contributed by atoms with E-state index in [1.807, 2.05) is 19.1 Å². The molecule has 0 aliphatic carbocycles. The van der Waals surface area contributed by atoms with Crippen LogP contribution >= 0.6 is 0 Å². The number of nitrogens with one attached hydrogen (secondary N) is 3. The molecule has 6 heteroatoms. The molecule has 0 radical (unpaired) electrons. The molecule has 0 aliphatic rings. The van der Waals surface area contributed by atoms with Crippen LogP contribution in [0.2, 0.25) is 0 Å². The summed E-state index contributed by atoms with van der Waals surface area (Å²) < 4.78 is 26.1. The molecule has 4 nitrogen and oxygen atoms in total. The number of fused-ring (bicyclic) bond motifs is 1. The molecule has 108 valence electrons. The van der Waals surface area contributed by atoms with Gasteiger partial charge in [-0.1, -0.05) is 6.07 Å². The Hall–Kier alpha value is -2.63. The van der Waals surface area contributed by atoms with Gasteiger partial charge in [0.1, 0.15) is 0 Å². The van der Waals surface area contributed by atoms with Crippen molar-refractivity contribution in [3.05, 3.63) is 64.1 Å². The normalized spacial score (nSPS) is 12.5. The molecule has 3 aromatic rings. The van der Waals surface area contributed by atoms with E-state index in [0.29, 0.717) is 11.2 Å². The van der Waals surface area contributed by atoms with Crippen LogP contribution in [0.4, 0.5) is 14.5 Å². The van der Waals surface area contributed by atoms with Crippen LogP contribution in [-0.4, -0.2) is 9.97 Å². The molecule has 0 spiro atoms. The maximum atomic E-state index is 13.2. The molecule has 0 bridgehead atoms. The Morgan fingerprint density at radius 3 is 2.52 bits per heavy atom. The lowest BCUT2D eigenvalue weighted by Gasteiger charge is -2.16. The van der Waals surface area contributed by atoms with Crippen molar-refractivity contribution >= 4 is 16.7 Å². The SMILES string of the molecule is CC(Nc1ccc(F)c(F)c1)c1ccc2[nH]c(=O)[nH]c2c1. The van der Waals surface area contributed by atoms with Crippen molar-refractivity contribution in [1.82, 2.24) is 9.97 Å². The number of H-pyrrole nitrogens is 2. The average molecular weight is 289 g/mol. The molecular weight excluding hydrogens is 276 g/mol. The smallest absolute Gasteiger partial charge is 0.323 e. The zero-order valence-electron chi connectivity index (χ0n) is 11.2. The molecule has 0 aliphatic heterocycles. The summed E-state index contributed by atoms with van der Waals surface area (Å²) in [6, 6.07) is 9.05. The fourth-order valence-corrected chi connectivity index (χ4v) is 2.24. The van der Waals surface area contributed by atoms with Crippen LogP contribution in [0, 0.1) is 11.6 Å². The van der Waals surface area contributed by atoms with Crippen LogP contribution in [0.1, 0.15) is 18.5 Å². The van der Waals surface area contributed by atoms with Crippen molar-refractivity contribution in [2.24, 2.45) is 0 Å². The Labute approximate surface area is 118 Å². The molecule has 21 heavy (non-hydrogen) atoms. The molecule has 0 saturated heterocycles. The molecule has 1 heterocycles. The summed E-state index contributed by atoms with van der Waals surface area (Å²) in [4.78, 5) is 16.6. The summed E-state index contributed by atoms with van der Waals surface area (Å²) in [5.41, 5.74) is 2.58. The van der Waals surface area contributed by atoms with Gasteiger partial charge in [0.15, 0.2) is 11.6 Å². The van der Waals surface area contributed by atoms with E-state index in [1.54, 1.807) is 6.07 Å². The molecule has 0 fully saturated rings. The molecule has 3 N–H and O–H groups in total. The lowest BCUT2D eigenvalue weighted by molar-refractivity contribution is 0.509. The average Bonchev–Trinajstić information content (AvgIpc) is 2.82. The van der Waals surface area contributed by atoms with Gasteiger partial charge in [-0.3, -0.25) is 0 Å². The van der Waals surface area contributed by atoms with E-state index in [2.05, 4.69) is 15.3 Å². The number of anilines is 1. The topological polar surface area (TPSA) is 60.7 Å². The molecule has 0 amide bonds. The van der Waals surface area contributed by atoms with Crippen molar-refractivity contribution in [2.45, 2.75) is 13.0 Å². The second-order valence-electron chi connectivity index (χ2n) is 4.88. The second kappa shape index (κ2) is 5.05. The molecule has 0 saturated carbocycles. The van der Waals surface area contributed by atoms with Crippen molar-refractivity contribution in [3.8, 4) is 0 Å². The van der Waals surface area contributed by atoms with Gasteiger partial charge >= 0.3 is 5.69 Å². The van der Waals surface area contributed by atoms with Crippen molar-refractivity contribution in [2.75, 3.05) is 5.32 Å². The quantitative estimate of drug-likeness (QED) is 0.692.